The highest BCUT2D eigenvalue weighted by molar-refractivity contribution is 6.05. The molecule has 2 atom stereocenters. The van der Waals surface area contributed by atoms with Crippen LogP contribution in [0.5, 0.6) is 0 Å². The van der Waals surface area contributed by atoms with E-state index in [1.54, 1.807) is 4.90 Å². The van der Waals surface area contributed by atoms with Crippen molar-refractivity contribution in [2.45, 2.75) is 33.2 Å². The lowest BCUT2D eigenvalue weighted by molar-refractivity contribution is 0.138. The molecular formula is C20H22N4O2. The van der Waals surface area contributed by atoms with Gasteiger partial charge in [0.2, 0.25) is 0 Å². The average molecular weight is 350 g/mol. The van der Waals surface area contributed by atoms with E-state index in [0.717, 1.165) is 34.6 Å². The minimum atomic E-state index is -0.371. The summed E-state index contributed by atoms with van der Waals surface area (Å²) in [5.41, 5.74) is 3.68. The standard InChI is InChI=1S/C20H22N4O2/c1-12-16(13(2)26-23-12)15-10-20(3)17(14-8-6-5-7-9-14)24(4)19(25)22-18(20)21-11-15/h5-9,11,17H,10H2,1-4H3,(H,21,22,25). The van der Waals surface area contributed by atoms with Crippen LogP contribution >= 0.6 is 0 Å². The van der Waals surface area contributed by atoms with E-state index < -0.39 is 0 Å². The molecule has 1 saturated heterocycles. The summed E-state index contributed by atoms with van der Waals surface area (Å²) in [6.07, 6.45) is 2.57. The Morgan fingerprint density at radius 2 is 2.00 bits per heavy atom. The Morgan fingerprint density at radius 3 is 2.65 bits per heavy atom. The summed E-state index contributed by atoms with van der Waals surface area (Å²) < 4.78 is 5.35. The number of rotatable bonds is 2. The second kappa shape index (κ2) is 5.83. The van der Waals surface area contributed by atoms with E-state index in [4.69, 9.17) is 4.52 Å². The highest BCUT2D eigenvalue weighted by atomic mass is 16.5. The predicted molar refractivity (Wildman–Crippen MR) is 99.6 cm³/mol. The molecule has 6 heteroatoms. The lowest BCUT2D eigenvalue weighted by atomic mass is 9.69. The van der Waals surface area contributed by atoms with Crippen molar-refractivity contribution in [1.82, 2.24) is 15.4 Å². The predicted octanol–water partition coefficient (Wildman–Crippen LogP) is 3.84. The van der Waals surface area contributed by atoms with Crippen molar-refractivity contribution >= 4 is 17.4 Å². The van der Waals surface area contributed by atoms with E-state index in [-0.39, 0.29) is 17.5 Å². The quantitative estimate of drug-likeness (QED) is 0.894. The zero-order chi connectivity index (χ0) is 18.5. The number of carbonyl (C=O) groups is 1. The molecule has 1 aromatic heterocycles. The van der Waals surface area contributed by atoms with Crippen LogP contribution in [0, 0.1) is 19.3 Å². The molecule has 2 amide bonds. The third-order valence-electron chi connectivity index (χ3n) is 5.45. The van der Waals surface area contributed by atoms with Gasteiger partial charge in [-0.1, -0.05) is 35.5 Å². The maximum absolute atomic E-state index is 12.5. The van der Waals surface area contributed by atoms with Gasteiger partial charge >= 0.3 is 6.03 Å². The van der Waals surface area contributed by atoms with Gasteiger partial charge < -0.3 is 9.42 Å². The second-order valence-corrected chi connectivity index (χ2v) is 7.28. The first-order chi connectivity index (χ1) is 12.4. The number of nitrogens with zero attached hydrogens (tertiary/aromatic N) is 3. The fraction of sp³-hybridized carbons (Fsp3) is 0.350. The molecule has 0 radical (unpaired) electrons. The number of benzene rings is 1. The van der Waals surface area contributed by atoms with Crippen LogP contribution in [0.2, 0.25) is 0 Å². The zero-order valence-corrected chi connectivity index (χ0v) is 15.4. The van der Waals surface area contributed by atoms with E-state index in [9.17, 15) is 4.79 Å². The summed E-state index contributed by atoms with van der Waals surface area (Å²) in [4.78, 5) is 18.9. The topological polar surface area (TPSA) is 70.7 Å². The Bertz CT molecular complexity index is 909. The molecule has 134 valence electrons. The molecule has 1 N–H and O–H groups in total. The number of hydrogen-bond donors (Lipinski definition) is 1. The van der Waals surface area contributed by atoms with E-state index >= 15 is 0 Å². The minimum absolute atomic E-state index is 0.111. The van der Waals surface area contributed by atoms with Gasteiger partial charge in [-0.2, -0.15) is 0 Å². The normalized spacial score (nSPS) is 25.3. The van der Waals surface area contributed by atoms with Gasteiger partial charge in [0.25, 0.3) is 0 Å². The van der Waals surface area contributed by atoms with Crippen LogP contribution in [0.25, 0.3) is 5.57 Å². The van der Waals surface area contributed by atoms with Crippen molar-refractivity contribution < 1.29 is 9.32 Å². The highest BCUT2D eigenvalue weighted by Gasteiger charge is 2.50. The minimum Gasteiger partial charge on any atom is -0.361 e. The van der Waals surface area contributed by atoms with Gasteiger partial charge in [-0.15, -0.1) is 0 Å². The highest BCUT2D eigenvalue weighted by Crippen LogP contribution is 2.49. The average Bonchev–Trinajstić information content (AvgIpc) is 2.95. The number of carbonyl (C=O) groups excluding carboxylic acids is 1. The van der Waals surface area contributed by atoms with E-state index in [1.165, 1.54) is 0 Å². The molecule has 0 spiro atoms. The molecule has 0 bridgehead atoms. The number of hydrogen-bond acceptors (Lipinski definition) is 4. The molecule has 1 aromatic carbocycles. The smallest absolute Gasteiger partial charge is 0.323 e. The molecule has 2 unspecified atom stereocenters. The first-order valence-electron chi connectivity index (χ1n) is 8.71. The number of allylic oxidation sites excluding steroid dienone is 1. The van der Waals surface area contributed by atoms with Gasteiger partial charge in [0, 0.05) is 18.8 Å². The molecule has 3 heterocycles. The van der Waals surface area contributed by atoms with Crippen molar-refractivity contribution in [3.05, 3.63) is 59.1 Å². The molecule has 2 aromatic rings. The molecule has 4 rings (SSSR count). The number of nitrogens with one attached hydrogen (secondary N) is 1. The van der Waals surface area contributed by atoms with E-state index in [2.05, 4.69) is 34.5 Å². The molecule has 1 fully saturated rings. The van der Waals surface area contributed by atoms with E-state index in [1.807, 2.05) is 45.3 Å². The van der Waals surface area contributed by atoms with Crippen molar-refractivity contribution in [3.8, 4) is 0 Å². The van der Waals surface area contributed by atoms with Crippen LogP contribution in [0.1, 0.15) is 42.0 Å². The van der Waals surface area contributed by atoms with Gasteiger partial charge in [0.05, 0.1) is 17.2 Å². The van der Waals surface area contributed by atoms with Gasteiger partial charge in [-0.3, -0.25) is 5.32 Å². The van der Waals surface area contributed by atoms with Crippen LogP contribution in [-0.2, 0) is 0 Å². The Labute approximate surface area is 152 Å². The van der Waals surface area contributed by atoms with E-state index in [0.29, 0.717) is 5.84 Å². The molecule has 0 aliphatic carbocycles. The van der Waals surface area contributed by atoms with Crippen LogP contribution in [0.15, 0.2) is 46.0 Å². The summed E-state index contributed by atoms with van der Waals surface area (Å²) in [6.45, 7) is 6.02. The summed E-state index contributed by atoms with van der Waals surface area (Å²) in [7, 11) is 1.84. The SMILES string of the molecule is Cc1noc(C)c1C1=CN=C2NC(=O)N(C)C(c3ccccc3)C2(C)C1. The number of aliphatic imine (C=N–C) groups is 1. The van der Waals surface area contributed by atoms with Crippen molar-refractivity contribution in [2.75, 3.05) is 7.05 Å². The number of aromatic nitrogens is 1. The lowest BCUT2D eigenvalue weighted by Crippen LogP contribution is -2.60. The summed E-state index contributed by atoms with van der Waals surface area (Å²) in [5, 5.41) is 7.03. The van der Waals surface area contributed by atoms with Gasteiger partial charge in [-0.05, 0) is 38.3 Å². The fourth-order valence-corrected chi connectivity index (χ4v) is 4.27. The second-order valence-electron chi connectivity index (χ2n) is 7.28. The maximum atomic E-state index is 12.5. The summed E-state index contributed by atoms with van der Waals surface area (Å²) >= 11 is 0. The molecule has 0 saturated carbocycles. The van der Waals surface area contributed by atoms with Crippen LogP contribution < -0.4 is 5.32 Å². The maximum Gasteiger partial charge on any atom is 0.323 e. The van der Waals surface area contributed by atoms with Gasteiger partial charge in [-0.25, -0.2) is 9.79 Å². The Hall–Kier alpha value is -2.89. The lowest BCUT2D eigenvalue weighted by Gasteiger charge is -2.49. The molecular weight excluding hydrogens is 328 g/mol. The number of aryl methyl sites for hydroxylation is 2. The number of amides is 2. The molecule has 2 aliphatic rings. The third kappa shape index (κ3) is 2.36. The monoisotopic (exact) mass is 350 g/mol. The third-order valence-corrected chi connectivity index (χ3v) is 5.45. The Balaban J connectivity index is 1.83. The Morgan fingerprint density at radius 1 is 1.27 bits per heavy atom. The van der Waals surface area contributed by atoms with Crippen molar-refractivity contribution in [3.63, 3.8) is 0 Å². The number of urea groups is 1. The summed E-state index contributed by atoms with van der Waals surface area (Å²) in [6, 6.07) is 9.88. The van der Waals surface area contributed by atoms with Gasteiger partial charge in [0.1, 0.15) is 11.6 Å². The summed E-state index contributed by atoms with van der Waals surface area (Å²) in [5.74, 6) is 1.51. The first kappa shape index (κ1) is 16.6. The fourth-order valence-electron chi connectivity index (χ4n) is 4.27. The molecule has 6 nitrogen and oxygen atoms in total. The van der Waals surface area contributed by atoms with Crippen LogP contribution in [0.3, 0.4) is 0 Å². The van der Waals surface area contributed by atoms with Crippen LogP contribution in [0.4, 0.5) is 4.79 Å². The van der Waals surface area contributed by atoms with Gasteiger partial charge in [0.15, 0.2) is 0 Å². The van der Waals surface area contributed by atoms with Crippen molar-refractivity contribution in [1.29, 1.82) is 0 Å². The van der Waals surface area contributed by atoms with Crippen LogP contribution in [-0.4, -0.2) is 29.0 Å². The zero-order valence-electron chi connectivity index (χ0n) is 15.4. The first-order valence-corrected chi connectivity index (χ1v) is 8.71. The number of fused-ring (bicyclic) bond motifs is 1. The molecule has 26 heavy (non-hydrogen) atoms. The van der Waals surface area contributed by atoms with Crippen molar-refractivity contribution in [2.24, 2.45) is 10.4 Å². The largest absolute Gasteiger partial charge is 0.361 e. The Kier molecular flexibility index (Phi) is 3.72. The number of amidine groups is 1. The molecule has 2 aliphatic heterocycles.